The second-order valence-electron chi connectivity index (χ2n) is 5.81. The van der Waals surface area contributed by atoms with Crippen LogP contribution in [0.2, 0.25) is 0 Å². The Morgan fingerprint density at radius 2 is 1.73 bits per heavy atom. The Hall–Kier alpha value is -2.87. The molecule has 1 N–H and O–H groups in total. The lowest BCUT2D eigenvalue weighted by atomic mass is 10.1. The molecule has 0 bridgehead atoms. The minimum Gasteiger partial charge on any atom is -0.497 e. The third kappa shape index (κ3) is 4.82. The molecule has 1 aromatic heterocycles. The first-order chi connectivity index (χ1) is 12.4. The number of benzene rings is 2. The number of rotatable bonds is 7. The summed E-state index contributed by atoms with van der Waals surface area (Å²) < 4.78 is 35.3. The smallest absolute Gasteiger partial charge is 0.229 e. The van der Waals surface area contributed by atoms with Crippen molar-refractivity contribution in [1.82, 2.24) is 10.1 Å². The molecule has 3 rings (SSSR count). The molecule has 0 aliphatic carbocycles. The van der Waals surface area contributed by atoms with E-state index in [1.807, 2.05) is 24.3 Å². The van der Waals surface area contributed by atoms with Crippen LogP contribution in [0, 0.1) is 0 Å². The molecular formula is C18H19N3O4S. The summed E-state index contributed by atoms with van der Waals surface area (Å²) in [5.41, 5.74) is 2.39. The summed E-state index contributed by atoms with van der Waals surface area (Å²) in [6.45, 7) is 0. The largest absolute Gasteiger partial charge is 0.497 e. The van der Waals surface area contributed by atoms with Gasteiger partial charge in [-0.25, -0.2) is 8.42 Å². The number of aromatic nitrogens is 2. The fourth-order valence-electron chi connectivity index (χ4n) is 2.42. The summed E-state index contributed by atoms with van der Waals surface area (Å²) in [4.78, 5) is 4.39. The number of sulfonamides is 1. The van der Waals surface area contributed by atoms with Gasteiger partial charge in [-0.1, -0.05) is 17.3 Å². The van der Waals surface area contributed by atoms with Gasteiger partial charge >= 0.3 is 0 Å². The average molecular weight is 373 g/mol. The van der Waals surface area contributed by atoms with Crippen LogP contribution in [0.4, 0.5) is 5.69 Å². The number of nitrogens with zero attached hydrogens (tertiary/aromatic N) is 2. The van der Waals surface area contributed by atoms with Crippen LogP contribution in [-0.2, 0) is 22.9 Å². The van der Waals surface area contributed by atoms with Crippen LogP contribution in [0.5, 0.6) is 5.75 Å². The molecule has 1 heterocycles. The second kappa shape index (κ2) is 7.57. The first kappa shape index (κ1) is 17.9. The molecule has 3 aromatic rings. The average Bonchev–Trinajstić information content (AvgIpc) is 3.09. The van der Waals surface area contributed by atoms with Gasteiger partial charge in [-0.3, -0.25) is 4.72 Å². The highest BCUT2D eigenvalue weighted by Crippen LogP contribution is 2.20. The predicted molar refractivity (Wildman–Crippen MR) is 98.6 cm³/mol. The highest BCUT2D eigenvalue weighted by atomic mass is 32.2. The molecule has 0 atom stereocenters. The van der Waals surface area contributed by atoms with Gasteiger partial charge in [-0.2, -0.15) is 4.98 Å². The van der Waals surface area contributed by atoms with Crippen molar-refractivity contribution in [2.45, 2.75) is 12.8 Å². The maximum absolute atomic E-state index is 11.2. The van der Waals surface area contributed by atoms with E-state index in [9.17, 15) is 8.42 Å². The Bertz CT molecular complexity index is 964. The van der Waals surface area contributed by atoms with Crippen LogP contribution in [0.3, 0.4) is 0 Å². The zero-order valence-electron chi connectivity index (χ0n) is 14.5. The van der Waals surface area contributed by atoms with Crippen LogP contribution in [-0.4, -0.2) is 31.9 Å². The molecule has 8 heteroatoms. The van der Waals surface area contributed by atoms with E-state index in [1.165, 1.54) is 0 Å². The van der Waals surface area contributed by atoms with Gasteiger partial charge in [0.1, 0.15) is 5.75 Å². The maximum atomic E-state index is 11.2. The number of hydrogen-bond acceptors (Lipinski definition) is 6. The third-order valence-corrected chi connectivity index (χ3v) is 4.31. The molecule has 0 aliphatic heterocycles. The lowest BCUT2D eigenvalue weighted by molar-refractivity contribution is 0.379. The molecule has 0 spiro atoms. The summed E-state index contributed by atoms with van der Waals surface area (Å²) in [5, 5.41) is 3.99. The van der Waals surface area contributed by atoms with Crippen LogP contribution in [0.1, 0.15) is 11.5 Å². The topological polar surface area (TPSA) is 94.3 Å². The summed E-state index contributed by atoms with van der Waals surface area (Å²) >= 11 is 0. The van der Waals surface area contributed by atoms with E-state index in [4.69, 9.17) is 9.26 Å². The zero-order chi connectivity index (χ0) is 18.6. The molecule has 136 valence electrons. The number of nitrogens with one attached hydrogen (secondary N) is 1. The fraction of sp³-hybridized carbons (Fsp3) is 0.222. The van der Waals surface area contributed by atoms with Gasteiger partial charge in [0.05, 0.1) is 13.4 Å². The Morgan fingerprint density at radius 1 is 1.04 bits per heavy atom. The minimum atomic E-state index is -3.30. The van der Waals surface area contributed by atoms with Crippen molar-refractivity contribution in [3.05, 3.63) is 60.0 Å². The van der Waals surface area contributed by atoms with Crippen molar-refractivity contribution >= 4 is 15.7 Å². The van der Waals surface area contributed by atoms with Crippen LogP contribution < -0.4 is 9.46 Å². The quantitative estimate of drug-likeness (QED) is 0.684. The number of aryl methyl sites for hydroxylation is 2. The van der Waals surface area contributed by atoms with Gasteiger partial charge in [0.2, 0.25) is 21.7 Å². The van der Waals surface area contributed by atoms with Crippen molar-refractivity contribution in [1.29, 1.82) is 0 Å². The maximum Gasteiger partial charge on any atom is 0.229 e. The first-order valence-corrected chi connectivity index (χ1v) is 9.86. The predicted octanol–water partition coefficient (Wildman–Crippen LogP) is 2.90. The molecular weight excluding hydrogens is 354 g/mol. The zero-order valence-corrected chi connectivity index (χ0v) is 15.3. The monoisotopic (exact) mass is 373 g/mol. The minimum absolute atomic E-state index is 0.473. The molecule has 0 aliphatic rings. The highest BCUT2D eigenvalue weighted by Gasteiger charge is 2.10. The van der Waals surface area contributed by atoms with E-state index in [1.54, 1.807) is 31.4 Å². The lowest BCUT2D eigenvalue weighted by Gasteiger charge is -2.03. The van der Waals surface area contributed by atoms with E-state index in [-0.39, 0.29) is 0 Å². The van der Waals surface area contributed by atoms with Crippen LogP contribution in [0.25, 0.3) is 11.4 Å². The van der Waals surface area contributed by atoms with Gasteiger partial charge < -0.3 is 9.26 Å². The van der Waals surface area contributed by atoms with Gasteiger partial charge in [-0.05, 0) is 48.4 Å². The van der Waals surface area contributed by atoms with Crippen LogP contribution >= 0.6 is 0 Å². The molecule has 0 saturated heterocycles. The molecule has 7 nitrogen and oxygen atoms in total. The Morgan fingerprint density at radius 3 is 2.35 bits per heavy atom. The van der Waals surface area contributed by atoms with Crippen molar-refractivity contribution in [2.75, 3.05) is 18.1 Å². The van der Waals surface area contributed by atoms with Gasteiger partial charge in [-0.15, -0.1) is 0 Å². The van der Waals surface area contributed by atoms with Crippen molar-refractivity contribution < 1.29 is 17.7 Å². The molecule has 0 saturated carbocycles. The summed E-state index contributed by atoms with van der Waals surface area (Å²) in [7, 11) is -1.66. The van der Waals surface area contributed by atoms with Gasteiger partial charge in [0, 0.05) is 17.7 Å². The Balaban J connectivity index is 1.63. The number of methoxy groups -OCH3 is 1. The van der Waals surface area contributed by atoms with E-state index in [2.05, 4.69) is 14.9 Å². The SMILES string of the molecule is COc1ccc(CCc2nc(-c3ccc(NS(C)(=O)=O)cc3)no2)cc1. The Kier molecular flexibility index (Phi) is 5.22. The third-order valence-electron chi connectivity index (χ3n) is 3.70. The fourth-order valence-corrected chi connectivity index (χ4v) is 2.98. The summed E-state index contributed by atoms with van der Waals surface area (Å²) in [6, 6.07) is 14.6. The summed E-state index contributed by atoms with van der Waals surface area (Å²) in [6.07, 6.45) is 2.52. The molecule has 2 aromatic carbocycles. The number of anilines is 1. The number of hydrogen-bond donors (Lipinski definition) is 1. The standard InChI is InChI=1S/C18H19N3O4S/c1-24-16-10-3-13(4-11-16)5-12-17-19-18(20-25-17)14-6-8-15(9-7-14)21-26(2,22)23/h3-4,6-11,21H,5,12H2,1-2H3. The number of ether oxygens (including phenoxy) is 1. The molecule has 0 amide bonds. The van der Waals surface area contributed by atoms with Crippen molar-refractivity contribution in [3.63, 3.8) is 0 Å². The molecule has 0 fully saturated rings. The molecule has 26 heavy (non-hydrogen) atoms. The van der Waals surface area contributed by atoms with E-state index < -0.39 is 10.0 Å². The first-order valence-electron chi connectivity index (χ1n) is 7.97. The van der Waals surface area contributed by atoms with E-state index >= 15 is 0 Å². The summed E-state index contributed by atoms with van der Waals surface area (Å²) in [5.74, 6) is 1.84. The van der Waals surface area contributed by atoms with Crippen LogP contribution in [0.15, 0.2) is 53.1 Å². The van der Waals surface area contributed by atoms with Crippen molar-refractivity contribution in [3.8, 4) is 17.1 Å². The normalized spacial score (nSPS) is 11.3. The van der Waals surface area contributed by atoms with E-state index in [0.717, 1.165) is 29.6 Å². The molecule has 0 unspecified atom stereocenters. The van der Waals surface area contributed by atoms with Gasteiger partial charge in [0.25, 0.3) is 0 Å². The highest BCUT2D eigenvalue weighted by molar-refractivity contribution is 7.92. The lowest BCUT2D eigenvalue weighted by Crippen LogP contribution is -2.09. The van der Waals surface area contributed by atoms with Crippen molar-refractivity contribution in [2.24, 2.45) is 0 Å². The molecule has 0 radical (unpaired) electrons. The second-order valence-corrected chi connectivity index (χ2v) is 7.56. The Labute approximate surface area is 152 Å². The van der Waals surface area contributed by atoms with Gasteiger partial charge in [0.15, 0.2) is 0 Å². The van der Waals surface area contributed by atoms with E-state index in [0.29, 0.717) is 23.8 Å².